The van der Waals surface area contributed by atoms with Crippen LogP contribution < -0.4 is 0 Å². The first-order valence-electron chi connectivity index (χ1n) is 4.12. The SMILES string of the molecule is N#CCN(C=O)SCc1ccccc1. The van der Waals surface area contributed by atoms with Crippen molar-refractivity contribution in [3.05, 3.63) is 35.9 Å². The number of hydrogen-bond acceptors (Lipinski definition) is 3. The highest BCUT2D eigenvalue weighted by molar-refractivity contribution is 7.96. The van der Waals surface area contributed by atoms with Crippen molar-refractivity contribution in [3.8, 4) is 6.07 Å². The molecule has 0 radical (unpaired) electrons. The molecule has 1 aromatic rings. The Bertz CT molecular complexity index is 321. The lowest BCUT2D eigenvalue weighted by Crippen LogP contribution is -2.13. The van der Waals surface area contributed by atoms with Gasteiger partial charge in [-0.25, -0.2) is 0 Å². The normalized spacial score (nSPS) is 9.07. The van der Waals surface area contributed by atoms with Crippen LogP contribution in [0.25, 0.3) is 0 Å². The fraction of sp³-hybridized carbons (Fsp3) is 0.200. The van der Waals surface area contributed by atoms with E-state index >= 15 is 0 Å². The maximum atomic E-state index is 10.5. The minimum Gasteiger partial charge on any atom is -0.278 e. The van der Waals surface area contributed by atoms with E-state index in [1.54, 1.807) is 0 Å². The molecule has 1 aromatic carbocycles. The van der Waals surface area contributed by atoms with Crippen LogP contribution in [-0.2, 0) is 10.5 Å². The standard InChI is InChI=1S/C10H10N2OS/c11-6-7-12(9-13)14-8-10-4-2-1-3-5-10/h1-5,9H,7-8H2. The van der Waals surface area contributed by atoms with Gasteiger partial charge >= 0.3 is 0 Å². The molecule has 0 N–H and O–H groups in total. The Balaban J connectivity index is 2.40. The molecule has 0 atom stereocenters. The summed E-state index contributed by atoms with van der Waals surface area (Å²) in [7, 11) is 0. The van der Waals surface area contributed by atoms with Gasteiger partial charge in [0.15, 0.2) is 0 Å². The largest absolute Gasteiger partial charge is 0.278 e. The molecule has 0 aliphatic heterocycles. The molecule has 0 heterocycles. The number of rotatable bonds is 5. The summed E-state index contributed by atoms with van der Waals surface area (Å²) >= 11 is 1.34. The molecule has 1 amide bonds. The van der Waals surface area contributed by atoms with Gasteiger partial charge in [-0.05, 0) is 17.5 Å². The number of nitrogens with zero attached hydrogens (tertiary/aromatic N) is 2. The molecule has 4 heteroatoms. The molecule has 0 saturated carbocycles. The van der Waals surface area contributed by atoms with Gasteiger partial charge in [-0.2, -0.15) is 5.26 Å². The summed E-state index contributed by atoms with van der Waals surface area (Å²) in [4.78, 5) is 10.5. The summed E-state index contributed by atoms with van der Waals surface area (Å²) in [5.74, 6) is 0.710. The fourth-order valence-corrected chi connectivity index (χ4v) is 1.63. The van der Waals surface area contributed by atoms with E-state index in [1.165, 1.54) is 16.3 Å². The van der Waals surface area contributed by atoms with Gasteiger partial charge in [0.2, 0.25) is 6.41 Å². The maximum Gasteiger partial charge on any atom is 0.220 e. The Labute approximate surface area is 87.5 Å². The van der Waals surface area contributed by atoms with Crippen LogP contribution in [0.5, 0.6) is 0 Å². The molecule has 0 spiro atoms. The third-order valence-electron chi connectivity index (χ3n) is 1.58. The summed E-state index contributed by atoms with van der Waals surface area (Å²) in [5.41, 5.74) is 1.14. The molecule has 0 aliphatic rings. The van der Waals surface area contributed by atoms with Crippen molar-refractivity contribution in [2.24, 2.45) is 0 Å². The van der Waals surface area contributed by atoms with E-state index in [1.807, 2.05) is 36.4 Å². The zero-order chi connectivity index (χ0) is 10.2. The predicted octanol–water partition coefficient (Wildman–Crippen LogP) is 1.82. The van der Waals surface area contributed by atoms with Gasteiger partial charge < -0.3 is 0 Å². The Morgan fingerprint density at radius 3 is 2.71 bits per heavy atom. The van der Waals surface area contributed by atoms with E-state index in [2.05, 4.69) is 0 Å². The molecule has 0 saturated heterocycles. The van der Waals surface area contributed by atoms with Crippen molar-refractivity contribution in [1.29, 1.82) is 5.26 Å². The van der Waals surface area contributed by atoms with Gasteiger partial charge in [-0.1, -0.05) is 30.3 Å². The van der Waals surface area contributed by atoms with Gasteiger partial charge in [-0.15, -0.1) is 0 Å². The van der Waals surface area contributed by atoms with Crippen LogP contribution in [0.2, 0.25) is 0 Å². The first-order chi connectivity index (χ1) is 6.86. The van der Waals surface area contributed by atoms with Crippen LogP contribution in [0.1, 0.15) is 5.56 Å². The highest BCUT2D eigenvalue weighted by Crippen LogP contribution is 2.14. The molecular weight excluding hydrogens is 196 g/mol. The zero-order valence-corrected chi connectivity index (χ0v) is 8.41. The number of hydrogen-bond donors (Lipinski definition) is 0. The third-order valence-corrected chi connectivity index (χ3v) is 2.59. The minimum absolute atomic E-state index is 0.126. The topological polar surface area (TPSA) is 44.1 Å². The number of carbonyl (C=O) groups excluding carboxylic acids is 1. The molecule has 1 rings (SSSR count). The molecule has 0 unspecified atom stereocenters. The molecule has 14 heavy (non-hydrogen) atoms. The van der Waals surface area contributed by atoms with Crippen molar-refractivity contribution >= 4 is 18.4 Å². The molecular formula is C10H10N2OS. The van der Waals surface area contributed by atoms with Crippen molar-refractivity contribution in [2.75, 3.05) is 6.54 Å². The van der Waals surface area contributed by atoms with Crippen LogP contribution in [0.3, 0.4) is 0 Å². The van der Waals surface area contributed by atoms with Crippen LogP contribution in [-0.4, -0.2) is 17.3 Å². The Morgan fingerprint density at radius 2 is 2.14 bits per heavy atom. The van der Waals surface area contributed by atoms with E-state index in [-0.39, 0.29) is 6.54 Å². The van der Waals surface area contributed by atoms with Gasteiger partial charge in [0.05, 0.1) is 6.07 Å². The summed E-state index contributed by atoms with van der Waals surface area (Å²) in [6, 6.07) is 11.8. The van der Waals surface area contributed by atoms with Crippen molar-refractivity contribution in [2.45, 2.75) is 5.75 Å². The molecule has 0 aromatic heterocycles. The second-order valence-corrected chi connectivity index (χ2v) is 3.61. The van der Waals surface area contributed by atoms with Crippen molar-refractivity contribution in [1.82, 2.24) is 4.31 Å². The maximum absolute atomic E-state index is 10.5. The number of benzene rings is 1. The average Bonchev–Trinajstić information content (AvgIpc) is 2.25. The Hall–Kier alpha value is -1.47. The lowest BCUT2D eigenvalue weighted by Gasteiger charge is -2.10. The summed E-state index contributed by atoms with van der Waals surface area (Å²) in [6.07, 6.45) is 0.677. The van der Waals surface area contributed by atoms with E-state index < -0.39 is 0 Å². The number of carbonyl (C=O) groups is 1. The van der Waals surface area contributed by atoms with Gasteiger partial charge in [0, 0.05) is 5.75 Å². The highest BCUT2D eigenvalue weighted by atomic mass is 32.2. The van der Waals surface area contributed by atoms with Crippen LogP contribution in [0, 0.1) is 11.3 Å². The minimum atomic E-state index is 0.126. The molecule has 72 valence electrons. The summed E-state index contributed by atoms with van der Waals surface area (Å²) in [5, 5.41) is 8.40. The quantitative estimate of drug-likeness (QED) is 0.419. The lowest BCUT2D eigenvalue weighted by molar-refractivity contribution is -0.113. The monoisotopic (exact) mass is 206 g/mol. The number of amides is 1. The van der Waals surface area contributed by atoms with Crippen LogP contribution in [0.4, 0.5) is 0 Å². The van der Waals surface area contributed by atoms with Crippen molar-refractivity contribution < 1.29 is 4.79 Å². The van der Waals surface area contributed by atoms with Crippen molar-refractivity contribution in [3.63, 3.8) is 0 Å². The number of nitriles is 1. The van der Waals surface area contributed by atoms with E-state index in [4.69, 9.17) is 5.26 Å². The second kappa shape index (κ2) is 6.06. The first-order valence-corrected chi connectivity index (χ1v) is 5.07. The predicted molar refractivity (Wildman–Crippen MR) is 56.1 cm³/mol. The first kappa shape index (κ1) is 10.6. The Kier molecular flexibility index (Phi) is 4.59. The second-order valence-electron chi connectivity index (χ2n) is 2.60. The van der Waals surface area contributed by atoms with E-state index in [0.29, 0.717) is 12.2 Å². The fourth-order valence-electron chi connectivity index (χ4n) is 0.915. The van der Waals surface area contributed by atoms with Crippen LogP contribution >= 0.6 is 11.9 Å². The van der Waals surface area contributed by atoms with E-state index in [0.717, 1.165) is 5.56 Å². The average molecular weight is 206 g/mol. The third kappa shape index (κ3) is 3.50. The van der Waals surface area contributed by atoms with Gasteiger partial charge in [0.25, 0.3) is 0 Å². The van der Waals surface area contributed by atoms with E-state index in [9.17, 15) is 4.79 Å². The van der Waals surface area contributed by atoms with Gasteiger partial charge in [-0.3, -0.25) is 9.10 Å². The summed E-state index contributed by atoms with van der Waals surface area (Å²) < 4.78 is 1.38. The highest BCUT2D eigenvalue weighted by Gasteiger charge is 2.01. The lowest BCUT2D eigenvalue weighted by atomic mass is 10.2. The zero-order valence-electron chi connectivity index (χ0n) is 7.59. The smallest absolute Gasteiger partial charge is 0.220 e. The summed E-state index contributed by atoms with van der Waals surface area (Å²) in [6.45, 7) is 0.126. The van der Waals surface area contributed by atoms with Crippen LogP contribution in [0.15, 0.2) is 30.3 Å². The molecule has 0 aliphatic carbocycles. The molecule has 0 bridgehead atoms. The molecule has 3 nitrogen and oxygen atoms in total. The molecule has 0 fully saturated rings. The van der Waals surface area contributed by atoms with Gasteiger partial charge in [0.1, 0.15) is 6.54 Å². The Morgan fingerprint density at radius 1 is 1.43 bits per heavy atom.